The summed E-state index contributed by atoms with van der Waals surface area (Å²) in [6, 6.07) is 8.04. The maximum atomic E-state index is 12.8. The number of carbonyl (C=O) groups excluding carboxylic acids is 1. The van der Waals surface area contributed by atoms with Gasteiger partial charge in [-0.2, -0.15) is 0 Å². The Morgan fingerprint density at radius 3 is 3.00 bits per heavy atom. The number of carbonyl (C=O) groups is 1. The van der Waals surface area contributed by atoms with E-state index in [1.807, 2.05) is 35.4 Å². The van der Waals surface area contributed by atoms with Gasteiger partial charge in [-0.3, -0.25) is 9.78 Å². The summed E-state index contributed by atoms with van der Waals surface area (Å²) < 4.78 is 5.72. The Bertz CT molecular complexity index is 619. The first-order valence-corrected chi connectivity index (χ1v) is 8.92. The summed E-state index contributed by atoms with van der Waals surface area (Å²) in [5, 5.41) is 2.05. The van der Waals surface area contributed by atoms with Crippen LogP contribution in [0, 0.1) is 6.92 Å². The Balaban J connectivity index is 1.67. The van der Waals surface area contributed by atoms with Crippen molar-refractivity contribution in [3.05, 3.63) is 52.0 Å². The molecule has 0 saturated carbocycles. The molecule has 0 bridgehead atoms. The van der Waals surface area contributed by atoms with Gasteiger partial charge in [0.15, 0.2) is 0 Å². The molecule has 4 nitrogen and oxygen atoms in total. The number of hydrogen-bond acceptors (Lipinski definition) is 4. The molecule has 3 heterocycles. The van der Waals surface area contributed by atoms with Gasteiger partial charge in [0.05, 0.1) is 19.1 Å². The number of rotatable bonds is 6. The molecule has 0 unspecified atom stereocenters. The Hall–Kier alpha value is -1.72. The van der Waals surface area contributed by atoms with Gasteiger partial charge in [0.2, 0.25) is 5.91 Å². The minimum atomic E-state index is 0.138. The molecule has 5 heteroatoms. The van der Waals surface area contributed by atoms with E-state index in [1.54, 1.807) is 17.5 Å². The van der Waals surface area contributed by atoms with Crippen LogP contribution in [0.15, 0.2) is 35.8 Å². The highest BCUT2D eigenvalue weighted by Gasteiger charge is 2.23. The SMILES string of the molecule is Cc1ccc(CC(=O)N(Cc2cccs2)C[C@H]2CCCO2)cn1. The third-order valence-electron chi connectivity index (χ3n) is 4.06. The van der Waals surface area contributed by atoms with Crippen molar-refractivity contribution in [1.82, 2.24) is 9.88 Å². The third kappa shape index (κ3) is 4.62. The summed E-state index contributed by atoms with van der Waals surface area (Å²) in [7, 11) is 0. The fraction of sp³-hybridized carbons (Fsp3) is 0.444. The topological polar surface area (TPSA) is 42.4 Å². The molecule has 0 radical (unpaired) electrons. The Labute approximate surface area is 141 Å². The largest absolute Gasteiger partial charge is 0.376 e. The van der Waals surface area contributed by atoms with Crippen LogP contribution in [0.3, 0.4) is 0 Å². The summed E-state index contributed by atoms with van der Waals surface area (Å²) in [6.07, 6.45) is 4.50. The minimum absolute atomic E-state index is 0.138. The van der Waals surface area contributed by atoms with E-state index in [0.29, 0.717) is 19.5 Å². The van der Waals surface area contributed by atoms with Crippen molar-refractivity contribution in [3.63, 3.8) is 0 Å². The maximum Gasteiger partial charge on any atom is 0.227 e. The first-order chi connectivity index (χ1) is 11.2. The van der Waals surface area contributed by atoms with Gasteiger partial charge in [-0.1, -0.05) is 12.1 Å². The van der Waals surface area contributed by atoms with Crippen molar-refractivity contribution >= 4 is 17.2 Å². The number of thiophene rings is 1. The summed E-state index contributed by atoms with van der Waals surface area (Å²) in [4.78, 5) is 20.2. The van der Waals surface area contributed by atoms with Gasteiger partial charge in [-0.15, -0.1) is 11.3 Å². The zero-order valence-corrected chi connectivity index (χ0v) is 14.2. The van der Waals surface area contributed by atoms with Crippen LogP contribution in [-0.4, -0.2) is 35.0 Å². The maximum absolute atomic E-state index is 12.8. The van der Waals surface area contributed by atoms with E-state index in [2.05, 4.69) is 11.1 Å². The van der Waals surface area contributed by atoms with Gasteiger partial charge in [0, 0.05) is 29.9 Å². The van der Waals surface area contributed by atoms with Crippen molar-refractivity contribution in [2.24, 2.45) is 0 Å². The number of nitrogens with zero attached hydrogens (tertiary/aromatic N) is 2. The number of aromatic nitrogens is 1. The molecule has 1 aliphatic rings. The highest BCUT2D eigenvalue weighted by Crippen LogP contribution is 2.18. The number of ether oxygens (including phenoxy) is 1. The molecule has 2 aromatic rings. The van der Waals surface area contributed by atoms with Crippen LogP contribution in [0.1, 0.15) is 29.0 Å². The van der Waals surface area contributed by atoms with Crippen molar-refractivity contribution < 1.29 is 9.53 Å². The standard InChI is InChI=1S/C18H22N2O2S/c1-14-6-7-15(11-19-14)10-18(21)20(12-16-4-2-8-22-16)13-17-5-3-9-23-17/h3,5-7,9,11,16H,2,4,8,10,12-13H2,1H3/t16-/m1/s1. The Morgan fingerprint density at radius 2 is 2.35 bits per heavy atom. The van der Waals surface area contributed by atoms with Crippen LogP contribution >= 0.6 is 11.3 Å². The lowest BCUT2D eigenvalue weighted by Gasteiger charge is -2.25. The van der Waals surface area contributed by atoms with Crippen LogP contribution in [0.25, 0.3) is 0 Å². The zero-order chi connectivity index (χ0) is 16.1. The van der Waals surface area contributed by atoms with E-state index in [4.69, 9.17) is 4.74 Å². The lowest BCUT2D eigenvalue weighted by Crippen LogP contribution is -2.37. The molecule has 1 saturated heterocycles. The first kappa shape index (κ1) is 16.1. The summed E-state index contributed by atoms with van der Waals surface area (Å²) in [5.41, 5.74) is 1.93. The smallest absolute Gasteiger partial charge is 0.227 e. The second-order valence-corrected chi connectivity index (χ2v) is 7.01. The molecular formula is C18H22N2O2S. The van der Waals surface area contributed by atoms with Crippen molar-refractivity contribution in [3.8, 4) is 0 Å². The van der Waals surface area contributed by atoms with E-state index in [-0.39, 0.29) is 12.0 Å². The highest BCUT2D eigenvalue weighted by atomic mass is 32.1. The van der Waals surface area contributed by atoms with Gasteiger partial charge in [-0.05, 0) is 42.8 Å². The molecule has 23 heavy (non-hydrogen) atoms. The third-order valence-corrected chi connectivity index (χ3v) is 4.92. The van der Waals surface area contributed by atoms with Crippen LogP contribution < -0.4 is 0 Å². The van der Waals surface area contributed by atoms with Gasteiger partial charge in [0.1, 0.15) is 0 Å². The quantitative estimate of drug-likeness (QED) is 0.817. The molecule has 0 spiro atoms. The lowest BCUT2D eigenvalue weighted by atomic mass is 10.1. The van der Waals surface area contributed by atoms with Crippen LogP contribution in [0.2, 0.25) is 0 Å². The van der Waals surface area contributed by atoms with Crippen molar-refractivity contribution in [2.75, 3.05) is 13.2 Å². The van der Waals surface area contributed by atoms with Gasteiger partial charge in [-0.25, -0.2) is 0 Å². The fourth-order valence-corrected chi connectivity index (χ4v) is 3.49. The number of pyridine rings is 1. The number of aryl methyl sites for hydroxylation is 1. The second-order valence-electron chi connectivity index (χ2n) is 5.97. The monoisotopic (exact) mass is 330 g/mol. The number of hydrogen-bond donors (Lipinski definition) is 0. The fourth-order valence-electron chi connectivity index (χ4n) is 2.77. The van der Waals surface area contributed by atoms with Crippen LogP contribution in [0.5, 0.6) is 0 Å². The first-order valence-electron chi connectivity index (χ1n) is 8.04. The molecule has 1 atom stereocenters. The van der Waals surface area contributed by atoms with E-state index in [0.717, 1.165) is 30.7 Å². The normalized spacial score (nSPS) is 17.3. The molecule has 3 rings (SSSR count). The number of amides is 1. The second kappa shape index (κ2) is 7.70. The van der Waals surface area contributed by atoms with Crippen molar-refractivity contribution in [2.45, 2.75) is 38.8 Å². The van der Waals surface area contributed by atoms with Crippen LogP contribution in [-0.2, 0) is 22.5 Å². The molecule has 0 N–H and O–H groups in total. The van der Waals surface area contributed by atoms with E-state index < -0.39 is 0 Å². The summed E-state index contributed by atoms with van der Waals surface area (Å²) in [6.45, 7) is 4.10. The van der Waals surface area contributed by atoms with Gasteiger partial charge < -0.3 is 9.64 Å². The van der Waals surface area contributed by atoms with Crippen molar-refractivity contribution in [1.29, 1.82) is 0 Å². The summed E-state index contributed by atoms with van der Waals surface area (Å²) in [5.74, 6) is 0.138. The highest BCUT2D eigenvalue weighted by molar-refractivity contribution is 7.09. The molecule has 1 fully saturated rings. The zero-order valence-electron chi connectivity index (χ0n) is 13.4. The Morgan fingerprint density at radius 1 is 1.43 bits per heavy atom. The molecule has 2 aromatic heterocycles. The van der Waals surface area contributed by atoms with E-state index >= 15 is 0 Å². The van der Waals surface area contributed by atoms with E-state index in [1.165, 1.54) is 4.88 Å². The Kier molecular flexibility index (Phi) is 5.41. The van der Waals surface area contributed by atoms with Crippen LogP contribution in [0.4, 0.5) is 0 Å². The average Bonchev–Trinajstić information content (AvgIpc) is 3.22. The average molecular weight is 330 g/mol. The molecular weight excluding hydrogens is 308 g/mol. The molecule has 122 valence electrons. The molecule has 1 amide bonds. The molecule has 1 aliphatic heterocycles. The van der Waals surface area contributed by atoms with E-state index in [9.17, 15) is 4.79 Å². The molecule has 0 aliphatic carbocycles. The lowest BCUT2D eigenvalue weighted by molar-refractivity contribution is -0.132. The molecule has 0 aromatic carbocycles. The van der Waals surface area contributed by atoms with Gasteiger partial charge in [0.25, 0.3) is 0 Å². The minimum Gasteiger partial charge on any atom is -0.376 e. The summed E-state index contributed by atoms with van der Waals surface area (Å²) >= 11 is 1.69. The predicted octanol–water partition coefficient (Wildman–Crippen LogP) is 3.20. The van der Waals surface area contributed by atoms with Gasteiger partial charge >= 0.3 is 0 Å². The predicted molar refractivity (Wildman–Crippen MR) is 91.4 cm³/mol.